The fourth-order valence-electron chi connectivity index (χ4n) is 2.28. The van der Waals surface area contributed by atoms with Crippen molar-refractivity contribution in [1.82, 2.24) is 9.97 Å². The first-order valence-corrected chi connectivity index (χ1v) is 6.55. The second-order valence-electron chi connectivity index (χ2n) is 4.62. The molecule has 0 aromatic carbocycles. The van der Waals surface area contributed by atoms with E-state index in [0.29, 0.717) is 17.7 Å². The van der Waals surface area contributed by atoms with Gasteiger partial charge in [-0.2, -0.15) is 0 Å². The second-order valence-corrected chi connectivity index (χ2v) is 4.62. The lowest BCUT2D eigenvalue weighted by atomic mass is 10.1. The number of rotatable bonds is 4. The minimum atomic E-state index is -0.987. The van der Waals surface area contributed by atoms with E-state index in [2.05, 4.69) is 14.9 Å². The van der Waals surface area contributed by atoms with Crippen molar-refractivity contribution < 1.29 is 14.6 Å². The predicted molar refractivity (Wildman–Crippen MR) is 70.6 cm³/mol. The Kier molecular flexibility index (Phi) is 4.31. The van der Waals surface area contributed by atoms with Crippen LogP contribution in [0, 0.1) is 6.92 Å². The van der Waals surface area contributed by atoms with Crippen molar-refractivity contribution in [2.24, 2.45) is 0 Å². The molecule has 0 atom stereocenters. The molecule has 2 rings (SSSR count). The molecule has 19 heavy (non-hydrogen) atoms. The smallest absolute Gasteiger partial charge is 0.339 e. The summed E-state index contributed by atoms with van der Waals surface area (Å²) in [5, 5.41) is 8.95. The number of hydrogen-bond donors (Lipinski definition) is 1. The number of ether oxygens (including phenoxy) is 1. The van der Waals surface area contributed by atoms with Crippen LogP contribution in [0.1, 0.15) is 35.8 Å². The van der Waals surface area contributed by atoms with Gasteiger partial charge >= 0.3 is 5.97 Å². The normalized spacial score (nSPS) is 16.6. The van der Waals surface area contributed by atoms with E-state index in [-0.39, 0.29) is 5.56 Å². The zero-order chi connectivity index (χ0) is 13.8. The average molecular weight is 265 g/mol. The summed E-state index contributed by atoms with van der Waals surface area (Å²) in [6.07, 6.45) is 3.61. The number of carboxylic acids is 1. The van der Waals surface area contributed by atoms with Gasteiger partial charge in [0.25, 0.3) is 0 Å². The Labute approximate surface area is 112 Å². The molecule has 0 aliphatic carbocycles. The van der Waals surface area contributed by atoms with Crippen molar-refractivity contribution >= 4 is 11.9 Å². The quantitative estimate of drug-likeness (QED) is 0.889. The summed E-state index contributed by atoms with van der Waals surface area (Å²) in [5.41, 5.74) is 0.664. The monoisotopic (exact) mass is 265 g/mol. The molecule has 1 aliphatic rings. The molecule has 104 valence electrons. The molecule has 0 unspecified atom stereocenters. The summed E-state index contributed by atoms with van der Waals surface area (Å²) in [7, 11) is 0. The van der Waals surface area contributed by atoms with E-state index in [0.717, 1.165) is 32.5 Å². The lowest BCUT2D eigenvalue weighted by Crippen LogP contribution is -2.38. The zero-order valence-electron chi connectivity index (χ0n) is 11.3. The molecule has 2 heterocycles. The van der Waals surface area contributed by atoms with E-state index in [4.69, 9.17) is 9.84 Å². The number of aromatic carboxylic acids is 1. The van der Waals surface area contributed by atoms with Gasteiger partial charge in [-0.3, -0.25) is 0 Å². The number of aryl methyl sites for hydroxylation is 1. The van der Waals surface area contributed by atoms with Crippen molar-refractivity contribution in [3.8, 4) is 0 Å². The number of nitrogens with zero attached hydrogens (tertiary/aromatic N) is 3. The molecule has 6 heteroatoms. The summed E-state index contributed by atoms with van der Waals surface area (Å²) in [6, 6.07) is 0. The van der Waals surface area contributed by atoms with Crippen LogP contribution in [-0.4, -0.2) is 46.8 Å². The van der Waals surface area contributed by atoms with E-state index < -0.39 is 5.97 Å². The van der Waals surface area contributed by atoms with Crippen LogP contribution in [0.4, 0.5) is 5.95 Å². The van der Waals surface area contributed by atoms with Crippen molar-refractivity contribution in [2.75, 3.05) is 24.6 Å². The molecule has 1 N–H and O–H groups in total. The van der Waals surface area contributed by atoms with Gasteiger partial charge in [0.05, 0.1) is 17.4 Å². The Hall–Kier alpha value is -1.69. The minimum Gasteiger partial charge on any atom is -0.478 e. The molecule has 0 saturated carbocycles. The van der Waals surface area contributed by atoms with E-state index in [1.807, 2.05) is 6.92 Å². The maximum atomic E-state index is 10.9. The maximum absolute atomic E-state index is 10.9. The van der Waals surface area contributed by atoms with Crippen LogP contribution in [-0.2, 0) is 4.74 Å². The third-order valence-electron chi connectivity index (χ3n) is 3.32. The Morgan fingerprint density at radius 3 is 2.74 bits per heavy atom. The number of aromatic nitrogens is 2. The molecule has 0 bridgehead atoms. The van der Waals surface area contributed by atoms with E-state index in [9.17, 15) is 4.79 Å². The number of piperidine rings is 1. The van der Waals surface area contributed by atoms with Crippen molar-refractivity contribution in [2.45, 2.75) is 32.8 Å². The SMILES string of the molecule is CCOC1CCN(c2ncc(C(=O)O)c(C)n2)CC1. The van der Waals surface area contributed by atoms with E-state index >= 15 is 0 Å². The Morgan fingerprint density at radius 1 is 1.53 bits per heavy atom. The highest BCUT2D eigenvalue weighted by Gasteiger charge is 2.22. The van der Waals surface area contributed by atoms with Crippen LogP contribution in [0.25, 0.3) is 0 Å². The van der Waals surface area contributed by atoms with Crippen LogP contribution >= 0.6 is 0 Å². The van der Waals surface area contributed by atoms with Gasteiger partial charge in [0.15, 0.2) is 0 Å². The summed E-state index contributed by atoms with van der Waals surface area (Å²) in [4.78, 5) is 21.4. The van der Waals surface area contributed by atoms with Gasteiger partial charge in [-0.1, -0.05) is 0 Å². The largest absolute Gasteiger partial charge is 0.478 e. The van der Waals surface area contributed by atoms with Crippen molar-refractivity contribution in [1.29, 1.82) is 0 Å². The number of hydrogen-bond acceptors (Lipinski definition) is 5. The maximum Gasteiger partial charge on any atom is 0.339 e. The van der Waals surface area contributed by atoms with Gasteiger partial charge in [0.2, 0.25) is 5.95 Å². The molecule has 1 saturated heterocycles. The van der Waals surface area contributed by atoms with Crippen LogP contribution < -0.4 is 4.90 Å². The highest BCUT2D eigenvalue weighted by molar-refractivity contribution is 5.88. The highest BCUT2D eigenvalue weighted by atomic mass is 16.5. The molecule has 1 fully saturated rings. The zero-order valence-corrected chi connectivity index (χ0v) is 11.3. The van der Waals surface area contributed by atoms with Crippen molar-refractivity contribution in [3.05, 3.63) is 17.5 Å². The highest BCUT2D eigenvalue weighted by Crippen LogP contribution is 2.19. The molecule has 1 aromatic heterocycles. The second kappa shape index (κ2) is 5.97. The Bertz CT molecular complexity index is 456. The molecule has 0 amide bonds. The fraction of sp³-hybridized carbons (Fsp3) is 0.615. The van der Waals surface area contributed by atoms with Crippen LogP contribution in [0.5, 0.6) is 0 Å². The molecule has 1 aliphatic heterocycles. The van der Waals surface area contributed by atoms with Crippen LogP contribution in [0.2, 0.25) is 0 Å². The number of carboxylic acid groups (broad SMARTS) is 1. The average Bonchev–Trinajstić information content (AvgIpc) is 2.39. The third kappa shape index (κ3) is 3.20. The first kappa shape index (κ1) is 13.7. The van der Waals surface area contributed by atoms with Gasteiger partial charge in [-0.15, -0.1) is 0 Å². The Balaban J connectivity index is 2.04. The first-order chi connectivity index (χ1) is 9.11. The molecule has 6 nitrogen and oxygen atoms in total. The first-order valence-electron chi connectivity index (χ1n) is 6.55. The lowest BCUT2D eigenvalue weighted by Gasteiger charge is -2.31. The summed E-state index contributed by atoms with van der Waals surface area (Å²) < 4.78 is 5.60. The van der Waals surface area contributed by atoms with Crippen molar-refractivity contribution in [3.63, 3.8) is 0 Å². The molecule has 0 spiro atoms. The minimum absolute atomic E-state index is 0.160. The number of anilines is 1. The molecule has 0 radical (unpaired) electrons. The summed E-state index contributed by atoms with van der Waals surface area (Å²) in [6.45, 7) is 6.13. The third-order valence-corrected chi connectivity index (χ3v) is 3.32. The van der Waals surface area contributed by atoms with Gasteiger partial charge in [-0.05, 0) is 26.7 Å². The molecular weight excluding hydrogens is 246 g/mol. The van der Waals surface area contributed by atoms with Gasteiger partial charge < -0.3 is 14.7 Å². The van der Waals surface area contributed by atoms with Crippen LogP contribution in [0.15, 0.2) is 6.20 Å². The lowest BCUT2D eigenvalue weighted by molar-refractivity contribution is 0.0457. The summed E-state index contributed by atoms with van der Waals surface area (Å²) in [5.74, 6) is -0.378. The van der Waals surface area contributed by atoms with Crippen LogP contribution in [0.3, 0.4) is 0 Å². The molecule has 1 aromatic rings. The van der Waals surface area contributed by atoms with E-state index in [1.54, 1.807) is 6.92 Å². The standard InChI is InChI=1S/C13H19N3O3/c1-3-19-10-4-6-16(7-5-10)13-14-8-11(12(17)18)9(2)15-13/h8,10H,3-7H2,1-2H3,(H,17,18). The van der Waals surface area contributed by atoms with Gasteiger partial charge in [-0.25, -0.2) is 14.8 Å². The summed E-state index contributed by atoms with van der Waals surface area (Å²) >= 11 is 0. The Morgan fingerprint density at radius 2 is 2.21 bits per heavy atom. The predicted octanol–water partition coefficient (Wildman–Crippen LogP) is 1.49. The topological polar surface area (TPSA) is 75.5 Å². The molecular formula is C13H19N3O3. The van der Waals surface area contributed by atoms with E-state index in [1.165, 1.54) is 6.20 Å². The fourth-order valence-corrected chi connectivity index (χ4v) is 2.28. The van der Waals surface area contributed by atoms with Gasteiger partial charge in [0.1, 0.15) is 0 Å². The van der Waals surface area contributed by atoms with Gasteiger partial charge in [0, 0.05) is 25.9 Å². The number of carbonyl (C=O) groups is 1.